The minimum Gasteiger partial charge on any atom is -0.316 e. The van der Waals surface area contributed by atoms with Crippen molar-refractivity contribution in [1.82, 2.24) is 10.2 Å². The molecule has 2 unspecified atom stereocenters. The fourth-order valence-corrected chi connectivity index (χ4v) is 2.58. The van der Waals surface area contributed by atoms with Gasteiger partial charge in [0.25, 0.3) is 0 Å². The summed E-state index contributed by atoms with van der Waals surface area (Å²) in [6.45, 7) is 3.84. The smallest absolute Gasteiger partial charge is 0.00958 e. The molecule has 2 fully saturated rings. The first-order valence-electron chi connectivity index (χ1n) is 5.27. The minimum absolute atomic E-state index is 0.898. The fraction of sp³-hybridized carbons (Fsp3) is 1.00. The molecule has 2 atom stereocenters. The van der Waals surface area contributed by atoms with Gasteiger partial charge in [-0.05, 0) is 58.3 Å². The van der Waals surface area contributed by atoms with Crippen LogP contribution in [0.25, 0.3) is 0 Å². The van der Waals surface area contributed by atoms with E-state index in [0.717, 1.165) is 12.0 Å². The van der Waals surface area contributed by atoms with Crippen LogP contribution in [-0.4, -0.2) is 37.6 Å². The Bertz CT molecular complexity index is 141. The van der Waals surface area contributed by atoms with Crippen molar-refractivity contribution >= 4 is 0 Å². The Balaban J connectivity index is 1.77. The third-order valence-corrected chi connectivity index (χ3v) is 3.44. The van der Waals surface area contributed by atoms with E-state index in [9.17, 15) is 0 Å². The Kier molecular flexibility index (Phi) is 2.66. The lowest BCUT2D eigenvalue weighted by atomic mass is 9.98. The van der Waals surface area contributed by atoms with Crippen molar-refractivity contribution in [2.75, 3.05) is 26.7 Å². The normalized spacial score (nSPS) is 37.8. The summed E-state index contributed by atoms with van der Waals surface area (Å²) < 4.78 is 0. The number of likely N-dealkylation sites (tertiary alicyclic amines) is 1. The van der Waals surface area contributed by atoms with Gasteiger partial charge in [-0.25, -0.2) is 0 Å². The number of hydrogen-bond acceptors (Lipinski definition) is 2. The highest BCUT2D eigenvalue weighted by molar-refractivity contribution is 4.82. The summed E-state index contributed by atoms with van der Waals surface area (Å²) in [6, 6.07) is 0.898. The molecule has 70 valence electrons. The molecule has 2 aliphatic rings. The zero-order valence-electron chi connectivity index (χ0n) is 8.05. The van der Waals surface area contributed by atoms with Crippen molar-refractivity contribution in [3.63, 3.8) is 0 Å². The molecule has 0 aromatic rings. The van der Waals surface area contributed by atoms with Crippen LogP contribution in [0.2, 0.25) is 0 Å². The number of hydrogen-bond donors (Lipinski definition) is 1. The lowest BCUT2D eigenvalue weighted by Crippen LogP contribution is -2.27. The van der Waals surface area contributed by atoms with Gasteiger partial charge in [0.15, 0.2) is 0 Å². The quantitative estimate of drug-likeness (QED) is 0.664. The predicted molar refractivity (Wildman–Crippen MR) is 51.2 cm³/mol. The standard InChI is InChI=1S/C10H20N2/c1-12-6-2-3-10(12)7-9-4-5-11-8-9/h9-11H,2-8H2,1H3. The van der Waals surface area contributed by atoms with Crippen molar-refractivity contribution in [2.45, 2.75) is 31.7 Å². The van der Waals surface area contributed by atoms with Gasteiger partial charge in [-0.2, -0.15) is 0 Å². The molecule has 2 saturated heterocycles. The van der Waals surface area contributed by atoms with Gasteiger partial charge < -0.3 is 10.2 Å². The number of rotatable bonds is 2. The van der Waals surface area contributed by atoms with Crippen molar-refractivity contribution < 1.29 is 0 Å². The summed E-state index contributed by atoms with van der Waals surface area (Å²) in [5.74, 6) is 0.968. The molecular formula is C10H20N2. The summed E-state index contributed by atoms with van der Waals surface area (Å²) in [5, 5.41) is 3.44. The van der Waals surface area contributed by atoms with Crippen molar-refractivity contribution in [1.29, 1.82) is 0 Å². The van der Waals surface area contributed by atoms with Crippen LogP contribution in [0.15, 0.2) is 0 Å². The van der Waals surface area contributed by atoms with Gasteiger partial charge in [0, 0.05) is 6.04 Å². The highest BCUT2D eigenvalue weighted by atomic mass is 15.1. The predicted octanol–water partition coefficient (Wildman–Crippen LogP) is 1.08. The summed E-state index contributed by atoms with van der Waals surface area (Å²) in [7, 11) is 2.28. The molecule has 2 nitrogen and oxygen atoms in total. The molecule has 2 heteroatoms. The maximum Gasteiger partial charge on any atom is 0.00958 e. The molecule has 0 spiro atoms. The van der Waals surface area contributed by atoms with Gasteiger partial charge in [0.1, 0.15) is 0 Å². The van der Waals surface area contributed by atoms with Gasteiger partial charge >= 0.3 is 0 Å². The van der Waals surface area contributed by atoms with Crippen LogP contribution in [0.3, 0.4) is 0 Å². The molecule has 0 amide bonds. The Hall–Kier alpha value is -0.0800. The van der Waals surface area contributed by atoms with Crippen molar-refractivity contribution in [2.24, 2.45) is 5.92 Å². The second-order valence-corrected chi connectivity index (χ2v) is 4.37. The second kappa shape index (κ2) is 3.75. The van der Waals surface area contributed by atoms with E-state index in [1.165, 1.54) is 45.3 Å². The fourth-order valence-electron chi connectivity index (χ4n) is 2.58. The average molecular weight is 168 g/mol. The molecule has 2 aliphatic heterocycles. The van der Waals surface area contributed by atoms with E-state index in [2.05, 4.69) is 17.3 Å². The summed E-state index contributed by atoms with van der Waals surface area (Å²) >= 11 is 0. The van der Waals surface area contributed by atoms with Gasteiger partial charge in [0.05, 0.1) is 0 Å². The van der Waals surface area contributed by atoms with Crippen molar-refractivity contribution in [3.8, 4) is 0 Å². The third-order valence-electron chi connectivity index (χ3n) is 3.44. The van der Waals surface area contributed by atoms with Crippen LogP contribution < -0.4 is 5.32 Å². The van der Waals surface area contributed by atoms with E-state index in [-0.39, 0.29) is 0 Å². The maximum absolute atomic E-state index is 3.44. The molecule has 2 heterocycles. The Morgan fingerprint density at radius 2 is 2.33 bits per heavy atom. The summed E-state index contributed by atoms with van der Waals surface area (Å²) in [4.78, 5) is 2.54. The van der Waals surface area contributed by atoms with Gasteiger partial charge in [0.2, 0.25) is 0 Å². The zero-order chi connectivity index (χ0) is 8.39. The first kappa shape index (κ1) is 8.52. The van der Waals surface area contributed by atoms with E-state index in [1.54, 1.807) is 0 Å². The van der Waals surface area contributed by atoms with Gasteiger partial charge in [-0.15, -0.1) is 0 Å². The summed E-state index contributed by atoms with van der Waals surface area (Å²) in [6.07, 6.45) is 5.70. The van der Waals surface area contributed by atoms with E-state index in [1.807, 2.05) is 0 Å². The van der Waals surface area contributed by atoms with Crippen LogP contribution in [0.1, 0.15) is 25.7 Å². The van der Waals surface area contributed by atoms with Crippen LogP contribution in [0, 0.1) is 5.92 Å². The van der Waals surface area contributed by atoms with Crippen molar-refractivity contribution in [3.05, 3.63) is 0 Å². The van der Waals surface area contributed by atoms with Gasteiger partial charge in [-0.1, -0.05) is 0 Å². The van der Waals surface area contributed by atoms with Crippen LogP contribution in [0.4, 0.5) is 0 Å². The van der Waals surface area contributed by atoms with Gasteiger partial charge in [-0.3, -0.25) is 0 Å². The molecule has 0 aromatic carbocycles. The zero-order valence-corrected chi connectivity index (χ0v) is 8.05. The molecule has 2 rings (SSSR count). The first-order chi connectivity index (χ1) is 5.86. The molecule has 0 aliphatic carbocycles. The molecule has 12 heavy (non-hydrogen) atoms. The summed E-state index contributed by atoms with van der Waals surface area (Å²) in [5.41, 5.74) is 0. The Morgan fingerprint density at radius 1 is 1.42 bits per heavy atom. The lowest BCUT2D eigenvalue weighted by Gasteiger charge is -2.22. The van der Waals surface area contributed by atoms with Crippen LogP contribution in [0.5, 0.6) is 0 Å². The monoisotopic (exact) mass is 168 g/mol. The first-order valence-corrected chi connectivity index (χ1v) is 5.27. The maximum atomic E-state index is 3.44. The number of nitrogens with zero attached hydrogens (tertiary/aromatic N) is 1. The molecule has 0 aromatic heterocycles. The second-order valence-electron chi connectivity index (χ2n) is 4.37. The molecule has 0 radical (unpaired) electrons. The topological polar surface area (TPSA) is 15.3 Å². The van der Waals surface area contributed by atoms with E-state index in [0.29, 0.717) is 0 Å². The van der Waals surface area contributed by atoms with Crippen LogP contribution in [-0.2, 0) is 0 Å². The SMILES string of the molecule is CN1CCCC1CC1CCNC1. The van der Waals surface area contributed by atoms with Crippen LogP contribution >= 0.6 is 0 Å². The third kappa shape index (κ3) is 1.80. The Labute approximate surface area is 75.3 Å². The minimum atomic E-state index is 0.898. The highest BCUT2D eigenvalue weighted by Gasteiger charge is 2.25. The Morgan fingerprint density at radius 3 is 2.92 bits per heavy atom. The highest BCUT2D eigenvalue weighted by Crippen LogP contribution is 2.24. The average Bonchev–Trinajstić information content (AvgIpc) is 2.65. The molecule has 0 bridgehead atoms. The number of nitrogens with one attached hydrogen (secondary N) is 1. The molecular weight excluding hydrogens is 148 g/mol. The van der Waals surface area contributed by atoms with E-state index >= 15 is 0 Å². The largest absolute Gasteiger partial charge is 0.316 e. The van der Waals surface area contributed by atoms with E-state index < -0.39 is 0 Å². The molecule has 0 saturated carbocycles. The van der Waals surface area contributed by atoms with E-state index in [4.69, 9.17) is 0 Å². The lowest BCUT2D eigenvalue weighted by molar-refractivity contribution is 0.266. The molecule has 1 N–H and O–H groups in total.